The van der Waals surface area contributed by atoms with Crippen LogP contribution in [0.5, 0.6) is 0 Å². The molecule has 144 valence electrons. The molecule has 0 fully saturated rings. The molecule has 1 aromatic heterocycles. The third-order valence-corrected chi connectivity index (χ3v) is 6.78. The summed E-state index contributed by atoms with van der Waals surface area (Å²) >= 11 is 0. The van der Waals surface area contributed by atoms with E-state index in [0.29, 0.717) is 11.2 Å². The molecule has 3 heterocycles. The molecule has 0 bridgehead atoms. The Labute approximate surface area is 165 Å². The number of rotatable bonds is 1. The number of nitrogens with zero attached hydrogens (tertiary/aromatic N) is 2. The Morgan fingerprint density at radius 2 is 1.57 bits per heavy atom. The number of aromatic nitrogens is 2. The number of fused-ring (bicyclic) bond motifs is 1. The van der Waals surface area contributed by atoms with Crippen molar-refractivity contribution < 1.29 is 0 Å². The van der Waals surface area contributed by atoms with E-state index in [1.807, 2.05) is 24.3 Å². The highest BCUT2D eigenvalue weighted by Crippen LogP contribution is 2.50. The van der Waals surface area contributed by atoms with Crippen LogP contribution in [0.4, 0.5) is 5.69 Å². The van der Waals surface area contributed by atoms with Crippen molar-refractivity contribution in [1.82, 2.24) is 9.97 Å². The fourth-order valence-corrected chi connectivity index (χ4v) is 4.80. The molecular weight excluding hydrogens is 346 g/mol. The zero-order chi connectivity index (χ0) is 19.7. The average molecular weight is 374 g/mol. The molecular formula is C24H27N3O. The molecule has 1 N–H and O–H groups in total. The van der Waals surface area contributed by atoms with Gasteiger partial charge in [-0.2, -0.15) is 0 Å². The summed E-state index contributed by atoms with van der Waals surface area (Å²) in [5.41, 5.74) is 6.09. The Bertz CT molecular complexity index is 1110. The van der Waals surface area contributed by atoms with Gasteiger partial charge in [0.15, 0.2) is 0 Å². The lowest BCUT2D eigenvalue weighted by Gasteiger charge is -2.48. The first-order chi connectivity index (χ1) is 13.3. The van der Waals surface area contributed by atoms with E-state index in [2.05, 4.69) is 49.7 Å². The lowest BCUT2D eigenvalue weighted by atomic mass is 9.69. The van der Waals surface area contributed by atoms with Crippen LogP contribution in [0.3, 0.4) is 0 Å². The normalized spacial score (nSPS) is 19.5. The maximum atomic E-state index is 12.6. The van der Waals surface area contributed by atoms with Crippen LogP contribution < -0.4 is 10.5 Å². The zero-order valence-corrected chi connectivity index (χ0v) is 17.1. The highest BCUT2D eigenvalue weighted by Gasteiger charge is 2.40. The fraction of sp³-hybridized carbons (Fsp3) is 0.417. The minimum atomic E-state index is -0.0767. The Morgan fingerprint density at radius 1 is 0.964 bits per heavy atom. The molecule has 0 spiro atoms. The van der Waals surface area contributed by atoms with Crippen LogP contribution in [-0.4, -0.2) is 23.1 Å². The Morgan fingerprint density at radius 3 is 2.21 bits per heavy atom. The van der Waals surface area contributed by atoms with E-state index in [1.165, 1.54) is 16.8 Å². The van der Waals surface area contributed by atoms with Crippen LogP contribution in [0.15, 0.2) is 41.2 Å². The highest BCUT2D eigenvalue weighted by atomic mass is 16.1. The predicted molar refractivity (Wildman–Crippen MR) is 115 cm³/mol. The second-order valence-corrected chi connectivity index (χ2v) is 9.61. The Hall–Kier alpha value is -2.62. The number of aromatic amines is 1. The summed E-state index contributed by atoms with van der Waals surface area (Å²) in [5.74, 6) is 0.664. The van der Waals surface area contributed by atoms with Crippen LogP contribution in [0.1, 0.15) is 51.7 Å². The van der Waals surface area contributed by atoms with E-state index < -0.39 is 0 Å². The number of benzene rings is 2. The first-order valence-electron chi connectivity index (χ1n) is 10.2. The van der Waals surface area contributed by atoms with Crippen molar-refractivity contribution in [3.05, 3.63) is 57.9 Å². The van der Waals surface area contributed by atoms with Gasteiger partial charge in [0, 0.05) is 24.3 Å². The van der Waals surface area contributed by atoms with Crippen molar-refractivity contribution in [2.45, 2.75) is 51.4 Å². The van der Waals surface area contributed by atoms with Gasteiger partial charge in [-0.15, -0.1) is 0 Å². The molecule has 4 heteroatoms. The second kappa shape index (κ2) is 5.69. The second-order valence-electron chi connectivity index (χ2n) is 9.61. The maximum absolute atomic E-state index is 12.6. The minimum Gasteiger partial charge on any atom is -0.371 e. The average Bonchev–Trinajstić information content (AvgIpc) is 2.66. The van der Waals surface area contributed by atoms with Crippen molar-refractivity contribution in [3.8, 4) is 11.4 Å². The smallest absolute Gasteiger partial charge is 0.259 e. The van der Waals surface area contributed by atoms with E-state index in [0.717, 1.165) is 37.0 Å². The third kappa shape index (κ3) is 2.50. The molecule has 4 nitrogen and oxygen atoms in total. The zero-order valence-electron chi connectivity index (χ0n) is 17.1. The van der Waals surface area contributed by atoms with E-state index >= 15 is 0 Å². The van der Waals surface area contributed by atoms with Gasteiger partial charge in [-0.3, -0.25) is 4.79 Å². The minimum absolute atomic E-state index is 0.0767. The molecule has 0 aliphatic carbocycles. The van der Waals surface area contributed by atoms with Gasteiger partial charge >= 0.3 is 0 Å². The van der Waals surface area contributed by atoms with E-state index in [4.69, 9.17) is 4.98 Å². The van der Waals surface area contributed by atoms with E-state index in [1.54, 1.807) is 0 Å². The standard InChI is InChI=1S/C24H27N3O/c1-23(2)9-11-27-12-10-24(3,4)18-14-15(13-17(23)20(18)27)21-25-19-8-6-5-7-16(19)22(28)26-21/h5-8,13-14H,9-12H2,1-4H3,(H,25,26,28). The fourth-order valence-electron chi connectivity index (χ4n) is 4.80. The molecule has 0 unspecified atom stereocenters. The van der Waals surface area contributed by atoms with Gasteiger partial charge < -0.3 is 9.88 Å². The van der Waals surface area contributed by atoms with E-state index in [9.17, 15) is 4.79 Å². The summed E-state index contributed by atoms with van der Waals surface area (Å²) in [4.78, 5) is 23.0. The van der Waals surface area contributed by atoms with Gasteiger partial charge in [-0.25, -0.2) is 4.98 Å². The summed E-state index contributed by atoms with van der Waals surface area (Å²) in [5, 5.41) is 0.636. The molecule has 3 aromatic rings. The molecule has 28 heavy (non-hydrogen) atoms. The topological polar surface area (TPSA) is 49.0 Å². The Balaban J connectivity index is 1.80. The number of hydrogen-bond acceptors (Lipinski definition) is 3. The van der Waals surface area contributed by atoms with Crippen LogP contribution >= 0.6 is 0 Å². The molecule has 5 rings (SSSR count). The van der Waals surface area contributed by atoms with Crippen LogP contribution in [-0.2, 0) is 10.8 Å². The molecule has 0 radical (unpaired) electrons. The van der Waals surface area contributed by atoms with Gasteiger partial charge in [-0.05, 0) is 59.1 Å². The maximum Gasteiger partial charge on any atom is 0.259 e. The lowest BCUT2D eigenvalue weighted by molar-refractivity contribution is 0.402. The van der Waals surface area contributed by atoms with Crippen molar-refractivity contribution in [1.29, 1.82) is 0 Å². The van der Waals surface area contributed by atoms with Crippen LogP contribution in [0, 0.1) is 0 Å². The first kappa shape index (κ1) is 17.5. The summed E-state index contributed by atoms with van der Waals surface area (Å²) in [7, 11) is 0. The molecule has 0 saturated carbocycles. The quantitative estimate of drug-likeness (QED) is 0.669. The molecule has 0 atom stereocenters. The molecule has 2 aliphatic rings. The van der Waals surface area contributed by atoms with Gasteiger partial charge in [0.05, 0.1) is 10.9 Å². The number of hydrogen-bond donors (Lipinski definition) is 1. The van der Waals surface area contributed by atoms with Crippen molar-refractivity contribution in [3.63, 3.8) is 0 Å². The SMILES string of the molecule is CC1(C)CCN2CCC(C)(C)c3cc(-c4nc5ccccc5c(=O)[nH]4)cc1c32. The van der Waals surface area contributed by atoms with Crippen LogP contribution in [0.25, 0.3) is 22.3 Å². The van der Waals surface area contributed by atoms with Crippen LogP contribution in [0.2, 0.25) is 0 Å². The number of nitrogens with one attached hydrogen (secondary N) is 1. The summed E-state index contributed by atoms with van der Waals surface area (Å²) < 4.78 is 0. The largest absolute Gasteiger partial charge is 0.371 e. The molecule has 0 saturated heterocycles. The predicted octanol–water partition coefficient (Wildman–Crippen LogP) is 4.76. The Kier molecular flexibility index (Phi) is 3.55. The number of H-pyrrole nitrogens is 1. The van der Waals surface area contributed by atoms with Crippen molar-refractivity contribution in [2.75, 3.05) is 18.0 Å². The molecule has 2 aliphatic heterocycles. The van der Waals surface area contributed by atoms with Crippen molar-refractivity contribution >= 4 is 16.6 Å². The monoisotopic (exact) mass is 373 g/mol. The van der Waals surface area contributed by atoms with E-state index in [-0.39, 0.29) is 16.4 Å². The van der Waals surface area contributed by atoms with Gasteiger partial charge in [0.25, 0.3) is 5.56 Å². The first-order valence-corrected chi connectivity index (χ1v) is 10.2. The highest BCUT2D eigenvalue weighted by molar-refractivity contribution is 5.80. The molecule has 0 amide bonds. The van der Waals surface area contributed by atoms with Gasteiger partial charge in [0.1, 0.15) is 5.82 Å². The van der Waals surface area contributed by atoms with Gasteiger partial charge in [-0.1, -0.05) is 39.8 Å². The summed E-state index contributed by atoms with van der Waals surface area (Å²) in [6.07, 6.45) is 2.29. The molecule has 2 aromatic carbocycles. The number of para-hydroxylation sites is 1. The summed E-state index contributed by atoms with van der Waals surface area (Å²) in [6.45, 7) is 11.6. The summed E-state index contributed by atoms with van der Waals surface area (Å²) in [6, 6.07) is 12.1. The number of anilines is 1. The van der Waals surface area contributed by atoms with Crippen molar-refractivity contribution in [2.24, 2.45) is 0 Å². The van der Waals surface area contributed by atoms with Gasteiger partial charge in [0.2, 0.25) is 0 Å². The lowest BCUT2D eigenvalue weighted by Crippen LogP contribution is -2.44. The third-order valence-electron chi connectivity index (χ3n) is 6.78.